The first-order chi connectivity index (χ1) is 13.1. The highest BCUT2D eigenvalue weighted by Gasteiger charge is 2.35. The molecule has 1 aliphatic rings. The minimum Gasteiger partial charge on any atom is -0.333 e. The Bertz CT molecular complexity index is 943. The number of carbonyl (C=O) groups is 1. The van der Waals surface area contributed by atoms with E-state index < -0.39 is 38.6 Å². The van der Waals surface area contributed by atoms with Gasteiger partial charge >= 0.3 is 6.18 Å². The van der Waals surface area contributed by atoms with Crippen LogP contribution in [0.5, 0.6) is 0 Å². The average Bonchev–Trinajstić information content (AvgIpc) is 3.31. The molecule has 0 bridgehead atoms. The van der Waals surface area contributed by atoms with Gasteiger partial charge in [0.25, 0.3) is 0 Å². The number of benzene rings is 1. The van der Waals surface area contributed by atoms with Crippen molar-refractivity contribution in [2.75, 3.05) is 6.54 Å². The van der Waals surface area contributed by atoms with E-state index in [4.69, 9.17) is 0 Å². The molecule has 1 aromatic carbocycles. The molecule has 10 heteroatoms. The van der Waals surface area contributed by atoms with E-state index in [1.807, 2.05) is 17.5 Å². The quantitative estimate of drug-likeness (QED) is 0.782. The van der Waals surface area contributed by atoms with Gasteiger partial charge in [0.15, 0.2) is 0 Å². The summed E-state index contributed by atoms with van der Waals surface area (Å²) < 4.78 is 65.8. The summed E-state index contributed by atoms with van der Waals surface area (Å²) in [5.41, 5.74) is -1.06. The Balaban J connectivity index is 1.76. The molecule has 28 heavy (non-hydrogen) atoms. The third kappa shape index (κ3) is 4.39. The van der Waals surface area contributed by atoms with E-state index in [0.29, 0.717) is 12.6 Å². The SMILES string of the molecule is CC(NS(=O)(=O)c1cccc(C(F)(F)F)c1)C(=O)N1CCCC1c1cccs1. The van der Waals surface area contributed by atoms with Crippen molar-refractivity contribution in [2.24, 2.45) is 0 Å². The lowest BCUT2D eigenvalue weighted by Gasteiger charge is -2.27. The molecule has 0 aliphatic carbocycles. The zero-order valence-electron chi connectivity index (χ0n) is 14.9. The monoisotopic (exact) mass is 432 g/mol. The van der Waals surface area contributed by atoms with Gasteiger partial charge in [0.2, 0.25) is 15.9 Å². The van der Waals surface area contributed by atoms with Crippen molar-refractivity contribution in [3.8, 4) is 0 Å². The maximum Gasteiger partial charge on any atom is 0.416 e. The van der Waals surface area contributed by atoms with Crippen molar-refractivity contribution in [2.45, 2.75) is 42.9 Å². The molecule has 5 nitrogen and oxygen atoms in total. The van der Waals surface area contributed by atoms with Crippen LogP contribution >= 0.6 is 11.3 Å². The number of thiophene rings is 1. The number of hydrogen-bond donors (Lipinski definition) is 1. The Morgan fingerprint density at radius 1 is 1.29 bits per heavy atom. The summed E-state index contributed by atoms with van der Waals surface area (Å²) in [4.78, 5) is 14.9. The molecule has 2 aromatic rings. The fourth-order valence-electron chi connectivity index (χ4n) is 3.25. The average molecular weight is 432 g/mol. The van der Waals surface area contributed by atoms with Gasteiger partial charge in [0, 0.05) is 11.4 Å². The molecule has 1 aliphatic heterocycles. The molecular formula is C18H19F3N2O3S2. The van der Waals surface area contributed by atoms with Gasteiger partial charge in [-0.2, -0.15) is 17.9 Å². The second-order valence-corrected chi connectivity index (χ2v) is 9.27. The summed E-state index contributed by atoms with van der Waals surface area (Å²) in [6, 6.07) is 6.07. The van der Waals surface area contributed by atoms with Gasteiger partial charge < -0.3 is 4.90 Å². The van der Waals surface area contributed by atoms with Crippen LogP contribution in [0.25, 0.3) is 0 Å². The number of sulfonamides is 1. The second kappa shape index (κ2) is 7.84. The van der Waals surface area contributed by atoms with Gasteiger partial charge in [-0.3, -0.25) is 4.79 Å². The fraction of sp³-hybridized carbons (Fsp3) is 0.389. The summed E-state index contributed by atoms with van der Waals surface area (Å²) in [6.45, 7) is 1.91. The van der Waals surface area contributed by atoms with Crippen LogP contribution in [0.4, 0.5) is 13.2 Å². The molecule has 1 fully saturated rings. The molecule has 2 atom stereocenters. The van der Waals surface area contributed by atoms with Gasteiger partial charge in [-0.1, -0.05) is 12.1 Å². The van der Waals surface area contributed by atoms with E-state index in [1.54, 1.807) is 4.90 Å². The summed E-state index contributed by atoms with van der Waals surface area (Å²) in [7, 11) is -4.28. The smallest absolute Gasteiger partial charge is 0.333 e. The van der Waals surface area contributed by atoms with Crippen molar-refractivity contribution in [1.29, 1.82) is 0 Å². The van der Waals surface area contributed by atoms with Gasteiger partial charge in [0.1, 0.15) is 0 Å². The van der Waals surface area contributed by atoms with Crippen molar-refractivity contribution in [1.82, 2.24) is 9.62 Å². The van der Waals surface area contributed by atoms with E-state index >= 15 is 0 Å². The molecule has 1 N–H and O–H groups in total. The number of rotatable bonds is 5. The van der Waals surface area contributed by atoms with Crippen LogP contribution in [0.15, 0.2) is 46.7 Å². The van der Waals surface area contributed by atoms with E-state index in [0.717, 1.165) is 35.9 Å². The van der Waals surface area contributed by atoms with Crippen LogP contribution < -0.4 is 4.72 Å². The summed E-state index contributed by atoms with van der Waals surface area (Å²) in [5.74, 6) is -0.397. The molecule has 1 saturated heterocycles. The largest absolute Gasteiger partial charge is 0.416 e. The second-order valence-electron chi connectivity index (χ2n) is 6.57. The van der Waals surface area contributed by atoms with Crippen LogP contribution in [0.1, 0.15) is 36.2 Å². The maximum atomic E-state index is 12.9. The minimum absolute atomic E-state index is 0.104. The highest BCUT2D eigenvalue weighted by molar-refractivity contribution is 7.89. The molecule has 0 saturated carbocycles. The Morgan fingerprint density at radius 2 is 2.04 bits per heavy atom. The van der Waals surface area contributed by atoms with Crippen molar-refractivity contribution >= 4 is 27.3 Å². The van der Waals surface area contributed by atoms with E-state index in [1.165, 1.54) is 18.3 Å². The van der Waals surface area contributed by atoms with Crippen molar-refractivity contribution < 1.29 is 26.4 Å². The van der Waals surface area contributed by atoms with E-state index in [9.17, 15) is 26.4 Å². The molecule has 1 aromatic heterocycles. The Labute approximate surface area is 165 Å². The predicted molar refractivity (Wildman–Crippen MR) is 99.2 cm³/mol. The Morgan fingerprint density at radius 3 is 2.68 bits per heavy atom. The van der Waals surface area contributed by atoms with Gasteiger partial charge in [0.05, 0.1) is 22.5 Å². The highest BCUT2D eigenvalue weighted by atomic mass is 32.2. The van der Waals surface area contributed by atoms with Crippen molar-refractivity contribution in [3.05, 3.63) is 52.2 Å². The van der Waals surface area contributed by atoms with Crippen LogP contribution in [0, 0.1) is 0 Å². The first-order valence-corrected chi connectivity index (χ1v) is 11.0. The minimum atomic E-state index is -4.66. The molecule has 1 amide bonds. The third-order valence-electron chi connectivity index (χ3n) is 4.58. The predicted octanol–water partition coefficient (Wildman–Crippen LogP) is 3.80. The number of likely N-dealkylation sites (tertiary alicyclic amines) is 1. The number of nitrogens with one attached hydrogen (secondary N) is 1. The molecule has 2 heterocycles. The van der Waals surface area contributed by atoms with E-state index in [2.05, 4.69) is 4.72 Å². The van der Waals surface area contributed by atoms with Crippen LogP contribution in [-0.4, -0.2) is 31.8 Å². The molecule has 3 rings (SSSR count). The molecule has 152 valence electrons. The summed E-state index contributed by atoms with van der Waals surface area (Å²) >= 11 is 1.53. The zero-order chi connectivity index (χ0) is 20.5. The normalized spacial score (nSPS) is 19.0. The molecule has 0 radical (unpaired) electrons. The molecule has 2 unspecified atom stereocenters. The van der Waals surface area contributed by atoms with Gasteiger partial charge in [-0.05, 0) is 49.4 Å². The Hall–Kier alpha value is -1.91. The fourth-order valence-corrected chi connectivity index (χ4v) is 5.36. The summed E-state index contributed by atoms with van der Waals surface area (Å²) in [6.07, 6.45) is -3.06. The highest BCUT2D eigenvalue weighted by Crippen LogP contribution is 2.35. The number of amides is 1. The molecular weight excluding hydrogens is 413 g/mol. The zero-order valence-corrected chi connectivity index (χ0v) is 16.6. The van der Waals surface area contributed by atoms with E-state index in [-0.39, 0.29) is 6.04 Å². The first-order valence-electron chi connectivity index (χ1n) is 8.63. The topological polar surface area (TPSA) is 66.5 Å². The first kappa shape index (κ1) is 20.8. The van der Waals surface area contributed by atoms with Crippen LogP contribution in [0.3, 0.4) is 0 Å². The number of nitrogens with zero attached hydrogens (tertiary/aromatic N) is 1. The van der Waals surface area contributed by atoms with Crippen LogP contribution in [-0.2, 0) is 21.0 Å². The maximum absolute atomic E-state index is 12.9. The lowest BCUT2D eigenvalue weighted by molar-refractivity contribution is -0.137. The number of halogens is 3. The number of carbonyl (C=O) groups excluding carboxylic acids is 1. The third-order valence-corrected chi connectivity index (χ3v) is 7.09. The van der Waals surface area contributed by atoms with Gasteiger partial charge in [-0.25, -0.2) is 8.42 Å². The van der Waals surface area contributed by atoms with Crippen molar-refractivity contribution in [3.63, 3.8) is 0 Å². The van der Waals surface area contributed by atoms with Crippen LogP contribution in [0.2, 0.25) is 0 Å². The summed E-state index contributed by atoms with van der Waals surface area (Å²) in [5, 5.41) is 1.91. The lowest BCUT2D eigenvalue weighted by Crippen LogP contribution is -2.46. The lowest BCUT2D eigenvalue weighted by atomic mass is 10.1. The van der Waals surface area contributed by atoms with Gasteiger partial charge in [-0.15, -0.1) is 11.3 Å². The molecule has 0 spiro atoms. The standard InChI is InChI=1S/C18H19F3N2O3S2/c1-12(17(24)23-9-3-7-15(23)16-8-4-10-27-16)22-28(25,26)14-6-2-5-13(11-14)18(19,20)21/h2,4-6,8,10-12,15,22H,3,7,9H2,1H3. The number of alkyl halides is 3. The number of hydrogen-bond acceptors (Lipinski definition) is 4. The Kier molecular flexibility index (Phi) is 5.83.